The summed E-state index contributed by atoms with van der Waals surface area (Å²) in [5, 5.41) is 6.58. The Hall–Kier alpha value is -1.39. The van der Waals surface area contributed by atoms with E-state index in [0.29, 0.717) is 5.69 Å². The fourth-order valence-corrected chi connectivity index (χ4v) is 1.08. The van der Waals surface area contributed by atoms with Crippen molar-refractivity contribution in [3.8, 4) is 0 Å². The Balaban J connectivity index is 2.78. The third-order valence-corrected chi connectivity index (χ3v) is 2.13. The Bertz CT molecular complexity index is 351. The van der Waals surface area contributed by atoms with Crippen molar-refractivity contribution < 1.29 is 9.18 Å². The topological polar surface area (TPSA) is 46.9 Å². The van der Waals surface area contributed by atoms with Crippen LogP contribution in [-0.4, -0.2) is 27.9 Å². The zero-order valence-corrected chi connectivity index (χ0v) is 9.47. The molecule has 4 nitrogen and oxygen atoms in total. The van der Waals surface area contributed by atoms with E-state index in [1.54, 1.807) is 31.6 Å². The van der Waals surface area contributed by atoms with Crippen LogP contribution >= 0.6 is 0 Å². The fraction of sp³-hybridized carbons (Fsp3) is 0.600. The van der Waals surface area contributed by atoms with Crippen LogP contribution in [0.4, 0.5) is 4.39 Å². The second-order valence-electron chi connectivity index (χ2n) is 4.27. The first-order chi connectivity index (χ1) is 6.85. The Kier molecular flexibility index (Phi) is 3.12. The summed E-state index contributed by atoms with van der Waals surface area (Å²) in [6.07, 6.45) is 0. The van der Waals surface area contributed by atoms with Crippen LogP contribution in [0.25, 0.3) is 0 Å². The van der Waals surface area contributed by atoms with E-state index >= 15 is 0 Å². The fourth-order valence-electron chi connectivity index (χ4n) is 1.08. The molecule has 1 N–H and O–H groups in total. The van der Waals surface area contributed by atoms with Crippen LogP contribution in [-0.2, 0) is 7.05 Å². The standard InChI is InChI=1S/C10H16FN3O/c1-7-5-8(13-14(7)4)9(15)12-10(2,3)6-11/h5H,6H2,1-4H3,(H,12,15). The largest absolute Gasteiger partial charge is 0.343 e. The second-order valence-corrected chi connectivity index (χ2v) is 4.27. The van der Waals surface area contributed by atoms with Crippen molar-refractivity contribution in [2.75, 3.05) is 6.67 Å². The molecule has 1 heterocycles. The van der Waals surface area contributed by atoms with E-state index in [9.17, 15) is 9.18 Å². The number of amides is 1. The molecule has 0 atom stereocenters. The first-order valence-electron chi connectivity index (χ1n) is 4.75. The van der Waals surface area contributed by atoms with Gasteiger partial charge in [-0.1, -0.05) is 0 Å². The molecular formula is C10H16FN3O. The molecule has 0 saturated carbocycles. The molecule has 0 aromatic carbocycles. The van der Waals surface area contributed by atoms with E-state index in [0.717, 1.165) is 5.69 Å². The van der Waals surface area contributed by atoms with Gasteiger partial charge in [0.2, 0.25) is 0 Å². The van der Waals surface area contributed by atoms with Gasteiger partial charge in [0.15, 0.2) is 0 Å². The second kappa shape index (κ2) is 4.00. The van der Waals surface area contributed by atoms with Gasteiger partial charge in [-0.25, -0.2) is 4.39 Å². The van der Waals surface area contributed by atoms with E-state index in [1.165, 1.54) is 0 Å². The normalized spacial score (nSPS) is 11.5. The molecule has 1 aromatic rings. The third-order valence-electron chi connectivity index (χ3n) is 2.13. The minimum Gasteiger partial charge on any atom is -0.343 e. The SMILES string of the molecule is Cc1cc(C(=O)NC(C)(C)CF)nn1C. The molecule has 0 aliphatic heterocycles. The number of halogens is 1. The summed E-state index contributed by atoms with van der Waals surface area (Å²) < 4.78 is 14.1. The number of nitrogens with one attached hydrogen (secondary N) is 1. The number of carbonyl (C=O) groups is 1. The van der Waals surface area contributed by atoms with Crippen LogP contribution in [0.2, 0.25) is 0 Å². The van der Waals surface area contributed by atoms with Crippen LogP contribution < -0.4 is 5.32 Å². The van der Waals surface area contributed by atoms with E-state index < -0.39 is 12.2 Å². The molecule has 1 rings (SSSR count). The Morgan fingerprint density at radius 2 is 2.27 bits per heavy atom. The molecule has 0 spiro atoms. The molecule has 1 amide bonds. The average Bonchev–Trinajstić information content (AvgIpc) is 2.47. The van der Waals surface area contributed by atoms with Gasteiger partial charge in [-0.15, -0.1) is 0 Å². The lowest BCUT2D eigenvalue weighted by atomic mass is 10.1. The molecule has 84 valence electrons. The van der Waals surface area contributed by atoms with Gasteiger partial charge >= 0.3 is 0 Å². The molecule has 0 bridgehead atoms. The minimum absolute atomic E-state index is 0.316. The first-order valence-corrected chi connectivity index (χ1v) is 4.75. The van der Waals surface area contributed by atoms with Crippen LogP contribution in [0.5, 0.6) is 0 Å². The molecule has 1 aromatic heterocycles. The lowest BCUT2D eigenvalue weighted by Crippen LogP contribution is -2.45. The molecule has 0 aliphatic rings. The van der Waals surface area contributed by atoms with Crippen molar-refractivity contribution in [3.05, 3.63) is 17.5 Å². The zero-order valence-electron chi connectivity index (χ0n) is 9.47. The number of aromatic nitrogens is 2. The van der Waals surface area contributed by atoms with Crippen molar-refractivity contribution in [2.45, 2.75) is 26.3 Å². The lowest BCUT2D eigenvalue weighted by Gasteiger charge is -2.21. The Labute approximate surface area is 88.5 Å². The lowest BCUT2D eigenvalue weighted by molar-refractivity contribution is 0.0893. The van der Waals surface area contributed by atoms with Gasteiger partial charge in [-0.05, 0) is 26.8 Å². The van der Waals surface area contributed by atoms with E-state index in [2.05, 4.69) is 10.4 Å². The van der Waals surface area contributed by atoms with Crippen molar-refractivity contribution in [2.24, 2.45) is 7.05 Å². The Morgan fingerprint density at radius 1 is 1.67 bits per heavy atom. The molecule has 0 saturated heterocycles. The molecule has 15 heavy (non-hydrogen) atoms. The van der Waals surface area contributed by atoms with Gasteiger partial charge in [0.1, 0.15) is 12.4 Å². The maximum absolute atomic E-state index is 12.5. The Morgan fingerprint density at radius 3 is 2.67 bits per heavy atom. The van der Waals surface area contributed by atoms with Crippen molar-refractivity contribution in [1.82, 2.24) is 15.1 Å². The number of carbonyl (C=O) groups excluding carboxylic acids is 1. The van der Waals surface area contributed by atoms with Crippen molar-refractivity contribution in [3.63, 3.8) is 0 Å². The van der Waals surface area contributed by atoms with Gasteiger partial charge in [0.25, 0.3) is 5.91 Å². The van der Waals surface area contributed by atoms with E-state index in [1.807, 2.05) is 6.92 Å². The zero-order chi connectivity index (χ0) is 11.6. The van der Waals surface area contributed by atoms with E-state index in [-0.39, 0.29) is 5.91 Å². The van der Waals surface area contributed by atoms with Gasteiger partial charge in [-0.3, -0.25) is 9.48 Å². The summed E-state index contributed by atoms with van der Waals surface area (Å²) in [7, 11) is 1.76. The number of rotatable bonds is 3. The highest BCUT2D eigenvalue weighted by Crippen LogP contribution is 2.06. The predicted molar refractivity (Wildman–Crippen MR) is 55.5 cm³/mol. The summed E-state index contributed by atoms with van der Waals surface area (Å²) in [5.74, 6) is -0.346. The van der Waals surface area contributed by atoms with Gasteiger partial charge < -0.3 is 5.32 Å². The first kappa shape index (κ1) is 11.7. The summed E-state index contributed by atoms with van der Waals surface area (Å²) >= 11 is 0. The molecule has 5 heteroatoms. The number of hydrogen-bond donors (Lipinski definition) is 1. The van der Waals surface area contributed by atoms with Crippen molar-refractivity contribution >= 4 is 5.91 Å². The summed E-state index contributed by atoms with van der Waals surface area (Å²) in [4.78, 5) is 11.6. The van der Waals surface area contributed by atoms with Crippen LogP contribution in [0.1, 0.15) is 30.0 Å². The van der Waals surface area contributed by atoms with Gasteiger partial charge in [-0.2, -0.15) is 5.10 Å². The van der Waals surface area contributed by atoms with Crippen LogP contribution in [0.15, 0.2) is 6.07 Å². The van der Waals surface area contributed by atoms with Crippen LogP contribution in [0, 0.1) is 6.92 Å². The summed E-state index contributed by atoms with van der Waals surface area (Å²) in [6, 6.07) is 1.67. The highest BCUT2D eigenvalue weighted by Gasteiger charge is 2.22. The molecular weight excluding hydrogens is 197 g/mol. The third kappa shape index (κ3) is 2.78. The number of nitrogens with zero attached hydrogens (tertiary/aromatic N) is 2. The predicted octanol–water partition coefficient (Wildman–Crippen LogP) is 1.21. The minimum atomic E-state index is -0.845. The highest BCUT2D eigenvalue weighted by atomic mass is 19.1. The quantitative estimate of drug-likeness (QED) is 0.820. The van der Waals surface area contributed by atoms with E-state index in [4.69, 9.17) is 0 Å². The molecule has 0 unspecified atom stereocenters. The smallest absolute Gasteiger partial charge is 0.272 e. The monoisotopic (exact) mass is 213 g/mol. The maximum Gasteiger partial charge on any atom is 0.272 e. The van der Waals surface area contributed by atoms with Crippen LogP contribution in [0.3, 0.4) is 0 Å². The molecule has 0 aliphatic carbocycles. The summed E-state index contributed by atoms with van der Waals surface area (Å²) in [6.45, 7) is 4.50. The van der Waals surface area contributed by atoms with Gasteiger partial charge in [0, 0.05) is 12.7 Å². The maximum atomic E-state index is 12.5. The van der Waals surface area contributed by atoms with Crippen molar-refractivity contribution in [1.29, 1.82) is 0 Å². The van der Waals surface area contributed by atoms with Gasteiger partial charge in [0.05, 0.1) is 5.54 Å². The molecule has 0 radical (unpaired) electrons. The highest BCUT2D eigenvalue weighted by molar-refractivity contribution is 5.92. The molecule has 0 fully saturated rings. The number of aryl methyl sites for hydroxylation is 2. The number of hydrogen-bond acceptors (Lipinski definition) is 2. The summed E-state index contributed by atoms with van der Waals surface area (Å²) in [5.41, 5.74) is 0.359. The number of alkyl halides is 1. The average molecular weight is 213 g/mol.